The van der Waals surface area contributed by atoms with E-state index < -0.39 is 0 Å². The van der Waals surface area contributed by atoms with Crippen molar-refractivity contribution in [3.63, 3.8) is 0 Å². The molecule has 2 atom stereocenters. The van der Waals surface area contributed by atoms with E-state index in [1.165, 1.54) is 25.7 Å². The topological polar surface area (TPSA) is 17.1 Å². The van der Waals surface area contributed by atoms with Crippen LogP contribution < -0.4 is 0 Å². The minimum atomic E-state index is 0.0272. The molecule has 0 unspecified atom stereocenters. The molecule has 0 amide bonds. The van der Waals surface area contributed by atoms with Crippen molar-refractivity contribution in [3.8, 4) is 0 Å². The van der Waals surface area contributed by atoms with E-state index in [1.807, 2.05) is 0 Å². The maximum absolute atomic E-state index is 11.8. The second-order valence-corrected chi connectivity index (χ2v) is 5.64. The first-order valence-corrected chi connectivity index (χ1v) is 5.11. The molecule has 2 bridgehead atoms. The Morgan fingerprint density at radius 3 is 2.42 bits per heavy atom. The Hall–Kier alpha value is -0.330. The molecular formula is C11H16O. The van der Waals surface area contributed by atoms with Crippen molar-refractivity contribution in [3.05, 3.63) is 0 Å². The van der Waals surface area contributed by atoms with E-state index in [-0.39, 0.29) is 5.41 Å². The van der Waals surface area contributed by atoms with Crippen molar-refractivity contribution < 1.29 is 4.79 Å². The van der Waals surface area contributed by atoms with Gasteiger partial charge in [-0.2, -0.15) is 0 Å². The zero-order chi connectivity index (χ0) is 8.56. The average Bonchev–Trinajstić information content (AvgIpc) is 2.55. The molecule has 1 spiro atoms. The second kappa shape index (κ2) is 1.64. The smallest absolute Gasteiger partial charge is 0.141 e. The van der Waals surface area contributed by atoms with Crippen LogP contribution in [0.2, 0.25) is 0 Å². The maximum atomic E-state index is 11.8. The summed E-state index contributed by atoms with van der Waals surface area (Å²) in [5.41, 5.74) is 0.682. The first-order chi connectivity index (χ1) is 5.56. The summed E-state index contributed by atoms with van der Waals surface area (Å²) in [6.07, 6.45) is 5.27. The Morgan fingerprint density at radius 1 is 1.33 bits per heavy atom. The van der Waals surface area contributed by atoms with Crippen LogP contribution in [0.4, 0.5) is 0 Å². The third kappa shape index (κ3) is 0.571. The van der Waals surface area contributed by atoms with E-state index in [2.05, 4.69) is 13.8 Å². The largest absolute Gasteiger partial charge is 0.299 e. The van der Waals surface area contributed by atoms with Gasteiger partial charge in [-0.1, -0.05) is 13.8 Å². The molecule has 0 heterocycles. The van der Waals surface area contributed by atoms with Gasteiger partial charge in [0.25, 0.3) is 0 Å². The van der Waals surface area contributed by atoms with Gasteiger partial charge in [-0.15, -0.1) is 0 Å². The molecule has 0 N–H and O–H groups in total. The molecule has 66 valence electrons. The van der Waals surface area contributed by atoms with Crippen LogP contribution in [0.15, 0.2) is 0 Å². The zero-order valence-corrected chi connectivity index (χ0v) is 7.89. The fraction of sp³-hybridized carbons (Fsp3) is 0.909. The third-order valence-electron chi connectivity index (χ3n) is 4.68. The van der Waals surface area contributed by atoms with Crippen LogP contribution in [0, 0.1) is 22.7 Å². The minimum absolute atomic E-state index is 0.0272. The van der Waals surface area contributed by atoms with Gasteiger partial charge < -0.3 is 0 Å². The SMILES string of the molecule is CC1(C)C(=O)[C@@H]2C[C@H]1C1(CC1)C2. The number of fused-ring (bicyclic) bond motifs is 3. The lowest BCUT2D eigenvalue weighted by molar-refractivity contribution is -0.132. The molecule has 0 aromatic rings. The molecule has 0 aliphatic heterocycles. The quantitative estimate of drug-likeness (QED) is 0.537. The number of hydrogen-bond donors (Lipinski definition) is 0. The number of hydrogen-bond acceptors (Lipinski definition) is 1. The van der Waals surface area contributed by atoms with Crippen LogP contribution in [0.5, 0.6) is 0 Å². The van der Waals surface area contributed by atoms with Gasteiger partial charge in [-0.05, 0) is 37.0 Å². The molecule has 12 heavy (non-hydrogen) atoms. The summed E-state index contributed by atoms with van der Waals surface area (Å²) in [6.45, 7) is 4.33. The first-order valence-electron chi connectivity index (χ1n) is 5.11. The third-order valence-corrected chi connectivity index (χ3v) is 4.68. The fourth-order valence-electron chi connectivity index (χ4n) is 3.92. The minimum Gasteiger partial charge on any atom is -0.299 e. The van der Waals surface area contributed by atoms with Crippen molar-refractivity contribution in [2.24, 2.45) is 22.7 Å². The van der Waals surface area contributed by atoms with Crippen LogP contribution in [0.1, 0.15) is 39.5 Å². The van der Waals surface area contributed by atoms with Gasteiger partial charge in [0.05, 0.1) is 0 Å². The second-order valence-electron chi connectivity index (χ2n) is 5.64. The molecule has 0 radical (unpaired) electrons. The summed E-state index contributed by atoms with van der Waals surface area (Å²) in [7, 11) is 0. The molecule has 3 aliphatic rings. The van der Waals surface area contributed by atoms with E-state index in [0.717, 1.165) is 5.92 Å². The van der Waals surface area contributed by atoms with Gasteiger partial charge in [-0.25, -0.2) is 0 Å². The number of carbonyl (C=O) groups is 1. The van der Waals surface area contributed by atoms with Crippen LogP contribution in [0.3, 0.4) is 0 Å². The highest BCUT2D eigenvalue weighted by atomic mass is 16.1. The highest BCUT2D eigenvalue weighted by molar-refractivity contribution is 5.90. The monoisotopic (exact) mass is 164 g/mol. The normalized spacial score (nSPS) is 45.7. The van der Waals surface area contributed by atoms with Gasteiger partial charge in [0.15, 0.2) is 0 Å². The molecule has 3 aliphatic carbocycles. The Morgan fingerprint density at radius 2 is 2.00 bits per heavy atom. The summed E-state index contributed by atoms with van der Waals surface area (Å²) in [5, 5.41) is 0. The van der Waals surface area contributed by atoms with E-state index in [1.54, 1.807) is 0 Å². The fourth-order valence-corrected chi connectivity index (χ4v) is 3.92. The summed E-state index contributed by atoms with van der Waals surface area (Å²) in [5.74, 6) is 1.75. The van der Waals surface area contributed by atoms with Crippen LogP contribution in [-0.4, -0.2) is 5.78 Å². The van der Waals surface area contributed by atoms with E-state index in [4.69, 9.17) is 0 Å². The molecule has 3 fully saturated rings. The molecule has 0 aromatic heterocycles. The number of rotatable bonds is 0. The summed E-state index contributed by atoms with van der Waals surface area (Å²) >= 11 is 0. The Kier molecular flexibility index (Phi) is 0.971. The highest BCUT2D eigenvalue weighted by Crippen LogP contribution is 2.72. The standard InChI is InChI=1S/C11H16O/c1-10(2)8-5-7(9(10)12)6-11(8)3-4-11/h7-8H,3-6H2,1-2H3/t7-,8-/m1/s1. The number of ketones is 1. The Labute approximate surface area is 73.5 Å². The molecule has 1 nitrogen and oxygen atoms in total. The molecule has 3 saturated carbocycles. The average molecular weight is 164 g/mol. The molecule has 0 aromatic carbocycles. The molecule has 3 rings (SSSR count). The van der Waals surface area contributed by atoms with Gasteiger partial charge >= 0.3 is 0 Å². The summed E-state index contributed by atoms with van der Waals surface area (Å²) in [4.78, 5) is 11.8. The Bertz CT molecular complexity index is 260. The van der Waals surface area contributed by atoms with E-state index in [0.29, 0.717) is 17.1 Å². The van der Waals surface area contributed by atoms with E-state index >= 15 is 0 Å². The van der Waals surface area contributed by atoms with Crippen LogP contribution in [-0.2, 0) is 4.79 Å². The predicted molar refractivity (Wildman–Crippen MR) is 46.7 cm³/mol. The first kappa shape index (κ1) is 7.11. The molecule has 0 saturated heterocycles. The zero-order valence-electron chi connectivity index (χ0n) is 7.89. The summed E-state index contributed by atoms with van der Waals surface area (Å²) in [6, 6.07) is 0. The van der Waals surface area contributed by atoms with Gasteiger partial charge in [0, 0.05) is 11.3 Å². The van der Waals surface area contributed by atoms with Crippen molar-refractivity contribution in [2.75, 3.05) is 0 Å². The van der Waals surface area contributed by atoms with Gasteiger partial charge in [0.2, 0.25) is 0 Å². The van der Waals surface area contributed by atoms with Crippen molar-refractivity contribution in [1.82, 2.24) is 0 Å². The summed E-state index contributed by atoms with van der Waals surface area (Å²) < 4.78 is 0. The van der Waals surface area contributed by atoms with Gasteiger partial charge in [-0.3, -0.25) is 4.79 Å². The van der Waals surface area contributed by atoms with E-state index in [9.17, 15) is 4.79 Å². The maximum Gasteiger partial charge on any atom is 0.141 e. The highest BCUT2D eigenvalue weighted by Gasteiger charge is 2.67. The Balaban J connectivity index is 2.04. The van der Waals surface area contributed by atoms with Crippen LogP contribution >= 0.6 is 0 Å². The molecule has 1 heteroatoms. The lowest BCUT2D eigenvalue weighted by Crippen LogP contribution is -2.36. The lowest BCUT2D eigenvalue weighted by Gasteiger charge is -2.34. The van der Waals surface area contributed by atoms with Crippen LogP contribution in [0.25, 0.3) is 0 Å². The molecular weight excluding hydrogens is 148 g/mol. The number of Topliss-reactive ketones (excluding diaryl/α,β-unsaturated/α-hetero) is 1. The lowest BCUT2D eigenvalue weighted by atomic mass is 9.68. The van der Waals surface area contributed by atoms with Crippen molar-refractivity contribution in [2.45, 2.75) is 39.5 Å². The predicted octanol–water partition coefficient (Wildman–Crippen LogP) is 2.40. The number of carbonyl (C=O) groups excluding carboxylic acids is 1. The van der Waals surface area contributed by atoms with Crippen molar-refractivity contribution in [1.29, 1.82) is 0 Å². The van der Waals surface area contributed by atoms with Gasteiger partial charge in [0.1, 0.15) is 5.78 Å². The van der Waals surface area contributed by atoms with Crippen molar-refractivity contribution >= 4 is 5.78 Å².